The maximum absolute atomic E-state index is 12.6. The Labute approximate surface area is 174 Å². The van der Waals surface area contributed by atoms with E-state index in [1.807, 2.05) is 13.8 Å². The molecular formula is C18H25N5O6S. The van der Waals surface area contributed by atoms with Gasteiger partial charge in [0.05, 0.1) is 4.92 Å². The van der Waals surface area contributed by atoms with Crippen molar-refractivity contribution in [1.82, 2.24) is 19.8 Å². The molecule has 164 valence electrons. The van der Waals surface area contributed by atoms with Gasteiger partial charge >= 0.3 is 0 Å². The van der Waals surface area contributed by atoms with Gasteiger partial charge in [-0.15, -0.1) is 0 Å². The van der Waals surface area contributed by atoms with Crippen molar-refractivity contribution in [2.45, 2.75) is 44.6 Å². The molecule has 2 N–H and O–H groups in total. The Morgan fingerprint density at radius 1 is 1.33 bits per heavy atom. The lowest BCUT2D eigenvalue weighted by atomic mass is 10.2. The normalized spacial score (nSPS) is 12.4. The first-order chi connectivity index (χ1) is 14.1. The van der Waals surface area contributed by atoms with Crippen LogP contribution in [-0.2, 0) is 17.1 Å². The molecule has 2 aromatic rings. The lowest BCUT2D eigenvalue weighted by Crippen LogP contribution is -2.32. The molecule has 1 heterocycles. The number of nitro groups is 1. The first-order valence-corrected chi connectivity index (χ1v) is 10.9. The number of hydrogen-bond acceptors (Lipinski definition) is 7. The van der Waals surface area contributed by atoms with Crippen molar-refractivity contribution in [2.75, 3.05) is 6.54 Å². The van der Waals surface area contributed by atoms with Gasteiger partial charge in [-0.25, -0.2) is 17.8 Å². The van der Waals surface area contributed by atoms with Crippen LogP contribution in [0.25, 0.3) is 0 Å². The van der Waals surface area contributed by atoms with Gasteiger partial charge in [-0.05, 0) is 25.8 Å². The summed E-state index contributed by atoms with van der Waals surface area (Å²) >= 11 is 0. The molecule has 0 aliphatic heterocycles. The van der Waals surface area contributed by atoms with Gasteiger partial charge in [-0.3, -0.25) is 14.9 Å². The highest BCUT2D eigenvalue weighted by molar-refractivity contribution is 7.89. The van der Waals surface area contributed by atoms with E-state index in [9.17, 15) is 23.3 Å². The lowest BCUT2D eigenvalue weighted by molar-refractivity contribution is -0.385. The number of sulfonamides is 1. The van der Waals surface area contributed by atoms with E-state index in [-0.39, 0.29) is 34.8 Å². The second-order valence-electron chi connectivity index (χ2n) is 6.66. The summed E-state index contributed by atoms with van der Waals surface area (Å²) in [4.78, 5) is 22.3. The summed E-state index contributed by atoms with van der Waals surface area (Å²) in [5.74, 6) is -0.415. The molecule has 0 saturated heterocycles. The summed E-state index contributed by atoms with van der Waals surface area (Å²) in [6, 6.07) is 4.60. The van der Waals surface area contributed by atoms with Gasteiger partial charge in [0, 0.05) is 37.8 Å². The number of aryl methyl sites for hydroxylation is 1. The van der Waals surface area contributed by atoms with Gasteiger partial charge in [-0.2, -0.15) is 5.10 Å². The quantitative estimate of drug-likeness (QED) is 0.427. The van der Waals surface area contributed by atoms with Gasteiger partial charge < -0.3 is 10.1 Å². The fraction of sp³-hybridized carbons (Fsp3) is 0.444. The summed E-state index contributed by atoms with van der Waals surface area (Å²) in [7, 11) is -2.53. The highest BCUT2D eigenvalue weighted by Gasteiger charge is 2.25. The van der Waals surface area contributed by atoms with E-state index in [0.717, 1.165) is 18.6 Å². The molecule has 0 unspecified atom stereocenters. The van der Waals surface area contributed by atoms with E-state index in [4.69, 9.17) is 4.74 Å². The number of carbonyl (C=O) groups excluding carboxylic acids is 1. The fourth-order valence-electron chi connectivity index (χ4n) is 2.39. The number of rotatable bonds is 10. The molecule has 0 saturated carbocycles. The number of nitrogens with one attached hydrogen (secondary N) is 2. The van der Waals surface area contributed by atoms with Crippen LogP contribution in [0.5, 0.6) is 11.6 Å². The SMILES string of the molecule is CCCNS(=O)(=O)c1cc([N+](=O)[O-])ccc1Oc1cc(C(=O)N[C@@H](C)CC)nn1C. The van der Waals surface area contributed by atoms with Gasteiger partial charge in [0.1, 0.15) is 10.6 Å². The van der Waals surface area contributed by atoms with E-state index in [0.29, 0.717) is 6.42 Å². The van der Waals surface area contributed by atoms with Crippen molar-refractivity contribution in [3.63, 3.8) is 0 Å². The van der Waals surface area contributed by atoms with Crippen LogP contribution in [0.4, 0.5) is 5.69 Å². The lowest BCUT2D eigenvalue weighted by Gasteiger charge is -2.12. The molecule has 0 radical (unpaired) electrons. The van der Waals surface area contributed by atoms with E-state index in [1.165, 1.54) is 23.9 Å². The Kier molecular flexibility index (Phi) is 7.51. The summed E-state index contributed by atoms with van der Waals surface area (Å²) in [5, 5.41) is 18.0. The third-order valence-corrected chi connectivity index (χ3v) is 5.73. The molecule has 11 nitrogen and oxygen atoms in total. The topological polar surface area (TPSA) is 145 Å². The molecule has 30 heavy (non-hydrogen) atoms. The van der Waals surface area contributed by atoms with Crippen LogP contribution in [-0.4, -0.2) is 41.6 Å². The minimum absolute atomic E-state index is 0.0417. The predicted molar refractivity (Wildman–Crippen MR) is 109 cm³/mol. The van der Waals surface area contributed by atoms with E-state index in [2.05, 4.69) is 15.1 Å². The minimum Gasteiger partial charge on any atom is -0.438 e. The number of benzene rings is 1. The molecule has 1 aromatic heterocycles. The predicted octanol–water partition coefficient (Wildman–Crippen LogP) is 2.34. The smallest absolute Gasteiger partial charge is 0.272 e. The third kappa shape index (κ3) is 5.54. The van der Waals surface area contributed by atoms with E-state index >= 15 is 0 Å². The number of hydrogen-bond donors (Lipinski definition) is 2. The first-order valence-electron chi connectivity index (χ1n) is 9.39. The number of aromatic nitrogens is 2. The Hall–Kier alpha value is -2.99. The molecule has 0 spiro atoms. The monoisotopic (exact) mass is 439 g/mol. The first kappa shape index (κ1) is 23.3. The summed E-state index contributed by atoms with van der Waals surface area (Å²) in [6.45, 7) is 5.74. The van der Waals surface area contributed by atoms with Crippen LogP contribution in [0.3, 0.4) is 0 Å². The molecule has 12 heteroatoms. The van der Waals surface area contributed by atoms with Gasteiger partial charge in [0.2, 0.25) is 15.9 Å². The second kappa shape index (κ2) is 9.67. The van der Waals surface area contributed by atoms with Crippen molar-refractivity contribution < 1.29 is 22.9 Å². The van der Waals surface area contributed by atoms with Crippen LogP contribution < -0.4 is 14.8 Å². The Balaban J connectivity index is 2.41. The minimum atomic E-state index is -4.06. The second-order valence-corrected chi connectivity index (χ2v) is 8.40. The van der Waals surface area contributed by atoms with Crippen LogP contribution >= 0.6 is 0 Å². The molecule has 1 amide bonds. The zero-order valence-corrected chi connectivity index (χ0v) is 18.0. The number of non-ortho nitro benzene ring substituents is 1. The standard InChI is InChI=1S/C18H25N5O6S/c1-5-9-19-30(27,28)16-10-13(23(25)26)7-8-15(16)29-17-11-14(21-22(17)4)18(24)20-12(3)6-2/h7-8,10-12,19H,5-6,9H2,1-4H3,(H,20,24)/t12-/m0/s1. The Bertz CT molecular complexity index is 1030. The number of carbonyl (C=O) groups is 1. The zero-order valence-electron chi connectivity index (χ0n) is 17.2. The number of nitro benzene ring substituents is 1. The maximum atomic E-state index is 12.6. The molecule has 1 atom stereocenters. The summed E-state index contributed by atoms with van der Waals surface area (Å²) in [6.07, 6.45) is 1.29. The number of ether oxygens (including phenoxy) is 1. The average Bonchev–Trinajstić information content (AvgIpc) is 3.06. The summed E-state index contributed by atoms with van der Waals surface area (Å²) < 4.78 is 34.6. The van der Waals surface area contributed by atoms with Gasteiger partial charge in [0.15, 0.2) is 5.69 Å². The van der Waals surface area contributed by atoms with Crippen LogP contribution in [0.1, 0.15) is 44.1 Å². The van der Waals surface area contributed by atoms with Crippen molar-refractivity contribution in [2.24, 2.45) is 7.05 Å². The zero-order chi connectivity index (χ0) is 22.5. The molecule has 0 aliphatic carbocycles. The molecule has 0 bridgehead atoms. The van der Waals surface area contributed by atoms with Gasteiger partial charge in [0.25, 0.3) is 11.6 Å². The van der Waals surface area contributed by atoms with Crippen molar-refractivity contribution in [1.29, 1.82) is 0 Å². The Morgan fingerprint density at radius 2 is 2.03 bits per heavy atom. The number of amides is 1. The maximum Gasteiger partial charge on any atom is 0.272 e. The fourth-order valence-corrected chi connectivity index (χ4v) is 3.67. The van der Waals surface area contributed by atoms with E-state index < -0.39 is 26.5 Å². The number of nitrogens with zero attached hydrogens (tertiary/aromatic N) is 3. The molecule has 2 rings (SSSR count). The van der Waals surface area contributed by atoms with Crippen LogP contribution in [0.2, 0.25) is 0 Å². The third-order valence-electron chi connectivity index (χ3n) is 4.24. The Morgan fingerprint density at radius 3 is 2.63 bits per heavy atom. The van der Waals surface area contributed by atoms with Crippen LogP contribution in [0, 0.1) is 10.1 Å². The average molecular weight is 439 g/mol. The molecule has 1 aromatic carbocycles. The molecular weight excluding hydrogens is 414 g/mol. The molecule has 0 aliphatic rings. The largest absolute Gasteiger partial charge is 0.438 e. The van der Waals surface area contributed by atoms with Crippen molar-refractivity contribution in [3.05, 3.63) is 40.1 Å². The highest BCUT2D eigenvalue weighted by Crippen LogP contribution is 2.32. The molecule has 0 fully saturated rings. The van der Waals surface area contributed by atoms with E-state index in [1.54, 1.807) is 6.92 Å². The summed E-state index contributed by atoms with van der Waals surface area (Å²) in [5.41, 5.74) is -0.291. The highest BCUT2D eigenvalue weighted by atomic mass is 32.2. The van der Waals surface area contributed by atoms with Crippen molar-refractivity contribution in [3.8, 4) is 11.6 Å². The van der Waals surface area contributed by atoms with Gasteiger partial charge in [-0.1, -0.05) is 13.8 Å². The van der Waals surface area contributed by atoms with Crippen molar-refractivity contribution >= 4 is 21.6 Å². The van der Waals surface area contributed by atoms with Crippen LogP contribution in [0.15, 0.2) is 29.2 Å².